The molecular formula is C13H14N2O2S. The van der Waals surface area contributed by atoms with Crippen LogP contribution in [0.3, 0.4) is 0 Å². The normalized spacial score (nSPS) is 10.5. The minimum absolute atomic E-state index is 0.00561. The van der Waals surface area contributed by atoms with E-state index in [9.17, 15) is 4.79 Å². The van der Waals surface area contributed by atoms with Crippen LogP contribution in [0, 0.1) is 0 Å². The molecule has 0 fully saturated rings. The largest absolute Gasteiger partial charge is 0.339 e. The average molecular weight is 262 g/mol. The molecule has 0 N–H and O–H groups in total. The zero-order valence-electron chi connectivity index (χ0n) is 10.1. The van der Waals surface area contributed by atoms with Gasteiger partial charge in [-0.2, -0.15) is 16.7 Å². The highest BCUT2D eigenvalue weighted by Crippen LogP contribution is 2.10. The fraction of sp³-hybridized carbons (Fsp3) is 0.308. The molecule has 5 heteroatoms. The second kappa shape index (κ2) is 6.35. The van der Waals surface area contributed by atoms with Gasteiger partial charge >= 0.3 is 0 Å². The summed E-state index contributed by atoms with van der Waals surface area (Å²) in [6, 6.07) is 9.12. The summed E-state index contributed by atoms with van der Waals surface area (Å²) in [5, 5.41) is 3.84. The molecule has 1 aromatic carbocycles. The molecule has 0 atom stereocenters. The highest BCUT2D eigenvalue weighted by Gasteiger charge is 2.12. The molecule has 0 saturated carbocycles. The molecule has 0 aliphatic heterocycles. The van der Waals surface area contributed by atoms with Crippen molar-refractivity contribution in [2.24, 2.45) is 0 Å². The van der Waals surface area contributed by atoms with Gasteiger partial charge in [0, 0.05) is 5.56 Å². The quantitative estimate of drug-likeness (QED) is 0.749. The zero-order valence-corrected chi connectivity index (χ0v) is 10.9. The number of benzene rings is 1. The summed E-state index contributed by atoms with van der Waals surface area (Å²) in [6.45, 7) is 2.07. The van der Waals surface area contributed by atoms with Gasteiger partial charge in [-0.15, -0.1) is 0 Å². The summed E-state index contributed by atoms with van der Waals surface area (Å²) in [4.78, 5) is 16.1. The lowest BCUT2D eigenvalue weighted by Gasteiger charge is -1.96. The Bertz CT molecular complexity index is 511. The van der Waals surface area contributed by atoms with Crippen molar-refractivity contribution in [2.75, 3.05) is 5.75 Å². The maximum atomic E-state index is 11.9. The first kappa shape index (κ1) is 12.8. The molecule has 0 spiro atoms. The van der Waals surface area contributed by atoms with Gasteiger partial charge in [0.2, 0.25) is 5.89 Å². The molecule has 0 aliphatic carbocycles. The highest BCUT2D eigenvalue weighted by atomic mass is 32.2. The third-order valence-corrected chi connectivity index (χ3v) is 3.22. The summed E-state index contributed by atoms with van der Waals surface area (Å²) < 4.78 is 5.06. The number of nitrogens with zero attached hydrogens (tertiary/aromatic N) is 2. The van der Waals surface area contributed by atoms with E-state index in [0.29, 0.717) is 17.3 Å². The first-order valence-corrected chi connectivity index (χ1v) is 6.92. The van der Waals surface area contributed by atoms with E-state index in [1.165, 1.54) is 0 Å². The Morgan fingerprint density at radius 3 is 2.83 bits per heavy atom. The molecule has 0 bridgehead atoms. The van der Waals surface area contributed by atoms with E-state index in [-0.39, 0.29) is 12.2 Å². The summed E-state index contributed by atoms with van der Waals surface area (Å²) in [7, 11) is 0. The third kappa shape index (κ3) is 3.43. The van der Waals surface area contributed by atoms with E-state index in [4.69, 9.17) is 4.52 Å². The Morgan fingerprint density at radius 1 is 1.33 bits per heavy atom. The Labute approximate surface area is 110 Å². The monoisotopic (exact) mass is 262 g/mol. The number of aromatic nitrogens is 2. The van der Waals surface area contributed by atoms with Crippen molar-refractivity contribution < 1.29 is 9.32 Å². The second-order valence-corrected chi connectivity index (χ2v) is 4.98. The molecule has 1 aromatic heterocycles. The number of hydrogen-bond acceptors (Lipinski definition) is 5. The van der Waals surface area contributed by atoms with E-state index in [1.54, 1.807) is 23.9 Å². The molecule has 1 heterocycles. The van der Waals surface area contributed by atoms with Crippen molar-refractivity contribution >= 4 is 17.5 Å². The SMILES string of the molecule is CCSCc1noc(CC(=O)c2ccccc2)n1. The molecule has 0 radical (unpaired) electrons. The maximum absolute atomic E-state index is 11.9. The van der Waals surface area contributed by atoms with Crippen LogP contribution in [-0.2, 0) is 12.2 Å². The van der Waals surface area contributed by atoms with Crippen LogP contribution in [0.5, 0.6) is 0 Å². The molecule has 2 aromatic rings. The number of carbonyl (C=O) groups excluding carboxylic acids is 1. The van der Waals surface area contributed by atoms with Crippen molar-refractivity contribution in [3.63, 3.8) is 0 Å². The minimum atomic E-state index is -0.00561. The number of rotatable bonds is 6. The third-order valence-electron chi connectivity index (χ3n) is 2.35. The predicted octanol–water partition coefficient (Wildman–Crippen LogP) is 2.75. The maximum Gasteiger partial charge on any atom is 0.234 e. The number of carbonyl (C=O) groups is 1. The Morgan fingerprint density at radius 2 is 2.11 bits per heavy atom. The molecule has 18 heavy (non-hydrogen) atoms. The van der Waals surface area contributed by atoms with E-state index in [0.717, 1.165) is 11.5 Å². The molecule has 94 valence electrons. The molecule has 4 nitrogen and oxygen atoms in total. The van der Waals surface area contributed by atoms with Gasteiger partial charge in [-0.1, -0.05) is 42.4 Å². The van der Waals surface area contributed by atoms with Crippen LogP contribution < -0.4 is 0 Å². The Kier molecular flexibility index (Phi) is 4.52. The molecule has 0 amide bonds. The average Bonchev–Trinajstić information content (AvgIpc) is 2.85. The number of ketones is 1. The Balaban J connectivity index is 1.97. The van der Waals surface area contributed by atoms with Crippen molar-refractivity contribution in [3.8, 4) is 0 Å². The van der Waals surface area contributed by atoms with Crippen LogP contribution in [0.1, 0.15) is 29.0 Å². The number of hydrogen-bond donors (Lipinski definition) is 0. The lowest BCUT2D eigenvalue weighted by atomic mass is 10.1. The summed E-state index contributed by atoms with van der Waals surface area (Å²) >= 11 is 1.72. The van der Waals surface area contributed by atoms with Crippen molar-refractivity contribution in [1.82, 2.24) is 10.1 Å². The van der Waals surface area contributed by atoms with Crippen LogP contribution in [-0.4, -0.2) is 21.7 Å². The summed E-state index contributed by atoms with van der Waals surface area (Å²) in [6.07, 6.45) is 0.161. The molecule has 0 saturated heterocycles. The smallest absolute Gasteiger partial charge is 0.234 e. The van der Waals surface area contributed by atoms with E-state index < -0.39 is 0 Å². The van der Waals surface area contributed by atoms with Crippen LogP contribution in [0.15, 0.2) is 34.9 Å². The van der Waals surface area contributed by atoms with Crippen molar-refractivity contribution in [2.45, 2.75) is 19.1 Å². The molecule has 0 aliphatic rings. The summed E-state index contributed by atoms with van der Waals surface area (Å²) in [5.41, 5.74) is 0.667. The fourth-order valence-corrected chi connectivity index (χ4v) is 1.98. The van der Waals surface area contributed by atoms with E-state index in [1.807, 2.05) is 18.2 Å². The number of thioether (sulfide) groups is 1. The standard InChI is InChI=1S/C13H14N2O2S/c1-2-18-9-12-14-13(17-15-12)8-11(16)10-6-4-3-5-7-10/h3-7H,2,8-9H2,1H3. The number of Topliss-reactive ketones (excluding diaryl/α,β-unsaturated/α-hetero) is 1. The zero-order chi connectivity index (χ0) is 12.8. The van der Waals surface area contributed by atoms with Gasteiger partial charge in [0.1, 0.15) is 0 Å². The topological polar surface area (TPSA) is 56.0 Å². The first-order valence-electron chi connectivity index (χ1n) is 5.77. The highest BCUT2D eigenvalue weighted by molar-refractivity contribution is 7.98. The predicted molar refractivity (Wildman–Crippen MR) is 70.6 cm³/mol. The van der Waals surface area contributed by atoms with E-state index in [2.05, 4.69) is 17.1 Å². The van der Waals surface area contributed by atoms with Crippen LogP contribution >= 0.6 is 11.8 Å². The Hall–Kier alpha value is -1.62. The van der Waals surface area contributed by atoms with E-state index >= 15 is 0 Å². The van der Waals surface area contributed by atoms with Gasteiger partial charge in [-0.05, 0) is 5.75 Å². The van der Waals surface area contributed by atoms with Crippen LogP contribution in [0.25, 0.3) is 0 Å². The first-order chi connectivity index (χ1) is 8.79. The lowest BCUT2D eigenvalue weighted by Crippen LogP contribution is -2.03. The van der Waals surface area contributed by atoms with Gasteiger partial charge in [-0.25, -0.2) is 0 Å². The second-order valence-electron chi connectivity index (χ2n) is 3.71. The van der Waals surface area contributed by atoms with Gasteiger partial charge in [-0.3, -0.25) is 4.79 Å². The van der Waals surface area contributed by atoms with Gasteiger partial charge in [0.05, 0.1) is 12.2 Å². The lowest BCUT2D eigenvalue weighted by molar-refractivity contribution is 0.0983. The van der Waals surface area contributed by atoms with Gasteiger partial charge in [0.25, 0.3) is 0 Å². The van der Waals surface area contributed by atoms with Gasteiger partial charge < -0.3 is 4.52 Å². The summed E-state index contributed by atoms with van der Waals surface area (Å²) in [5.74, 6) is 2.76. The molecule has 0 unspecified atom stereocenters. The molecule has 2 rings (SSSR count). The van der Waals surface area contributed by atoms with Crippen molar-refractivity contribution in [1.29, 1.82) is 0 Å². The fourth-order valence-electron chi connectivity index (χ4n) is 1.48. The van der Waals surface area contributed by atoms with Crippen LogP contribution in [0.4, 0.5) is 0 Å². The van der Waals surface area contributed by atoms with Crippen molar-refractivity contribution in [3.05, 3.63) is 47.6 Å². The van der Waals surface area contributed by atoms with Gasteiger partial charge in [0.15, 0.2) is 11.6 Å². The van der Waals surface area contributed by atoms with Crippen LogP contribution in [0.2, 0.25) is 0 Å². The minimum Gasteiger partial charge on any atom is -0.339 e. The molecular weight excluding hydrogens is 248 g/mol.